The molecule has 0 fully saturated rings. The Hall–Kier alpha value is -3.67. The first-order chi connectivity index (χ1) is 42.1. The molecule has 0 aliphatic rings. The summed E-state index contributed by atoms with van der Waals surface area (Å²) >= 11 is 0. The Bertz CT molecular complexity index is 1870. The van der Waals surface area contributed by atoms with Crippen LogP contribution in [-0.4, -0.2) is 97.3 Å². The summed E-state index contributed by atoms with van der Waals surface area (Å²) in [7, 11) is 0. The zero-order valence-corrected chi connectivity index (χ0v) is 54.8. The standard InChI is InChI=1S/C76H125NO8/c1-5-9-12-14-16-18-20-22-24-26-28-30-32-34-36-48-58-83-69-75(70(8-4)50-41-11-7-3,84-59-49-37-35-33-31-29-27-25-23-21-19-17-15-13-10-6-2)74(78)77-57-60-79-61-62-80-63-64-81-65-66-82-67-68-85-76(71-51-42-38-43-52-71,72-53-44-39-45-54-72)73-55-46-40-47-56-73/h22-25,38-40,42-47,51-56,70H,5-21,26-37,41,48-50,57-69H2,1-4H3,(H,77,78)/b24-22-,25-23-. The van der Waals surface area contributed by atoms with Crippen LogP contribution >= 0.6 is 0 Å². The molecule has 3 aromatic rings. The molecule has 0 radical (unpaired) electrons. The highest BCUT2D eigenvalue weighted by Gasteiger charge is 2.46. The molecule has 0 spiro atoms. The highest BCUT2D eigenvalue weighted by molar-refractivity contribution is 5.86. The van der Waals surface area contributed by atoms with Crippen molar-refractivity contribution in [2.24, 2.45) is 5.92 Å². The maximum Gasteiger partial charge on any atom is 0.255 e. The van der Waals surface area contributed by atoms with Crippen LogP contribution in [0.2, 0.25) is 0 Å². The SMILES string of the molecule is CCCCCCCC/C=C\CCCCCCCCOCC(OCCCCCCCC/C=C\CCCCCCCC)(C(=O)NCCOCCOCCOCCOCCOC(c1ccccc1)(c1ccccc1)c1ccccc1)C(CC)CCCCC. The molecule has 1 N–H and O–H groups in total. The number of rotatable bonds is 61. The molecule has 9 nitrogen and oxygen atoms in total. The molecule has 0 aromatic heterocycles. The van der Waals surface area contributed by atoms with E-state index in [2.05, 4.69) is 130 Å². The molecule has 0 bridgehead atoms. The molecule has 1 amide bonds. The van der Waals surface area contributed by atoms with E-state index in [1.165, 1.54) is 154 Å². The van der Waals surface area contributed by atoms with Crippen molar-refractivity contribution in [3.63, 3.8) is 0 Å². The largest absolute Gasteiger partial charge is 0.378 e. The van der Waals surface area contributed by atoms with E-state index in [1.54, 1.807) is 0 Å². The van der Waals surface area contributed by atoms with Crippen molar-refractivity contribution in [2.75, 3.05) is 85.8 Å². The Labute approximate surface area is 521 Å². The summed E-state index contributed by atoms with van der Waals surface area (Å²) in [5.74, 6) is 0.00443. The van der Waals surface area contributed by atoms with Gasteiger partial charge in [0.15, 0.2) is 5.60 Å². The van der Waals surface area contributed by atoms with Crippen molar-refractivity contribution in [3.05, 3.63) is 132 Å². The van der Waals surface area contributed by atoms with Gasteiger partial charge in [-0.15, -0.1) is 0 Å². The number of allylic oxidation sites excluding steroid dienone is 4. The second-order valence-electron chi connectivity index (χ2n) is 23.6. The van der Waals surface area contributed by atoms with Gasteiger partial charge in [-0.05, 0) is 99.7 Å². The molecule has 85 heavy (non-hydrogen) atoms. The number of unbranched alkanes of at least 4 members (excludes halogenated alkanes) is 26. The second-order valence-corrected chi connectivity index (χ2v) is 23.6. The molecule has 9 heteroatoms. The lowest BCUT2D eigenvalue weighted by Crippen LogP contribution is -2.57. The Morgan fingerprint density at radius 1 is 0.376 bits per heavy atom. The van der Waals surface area contributed by atoms with E-state index < -0.39 is 11.2 Å². The Morgan fingerprint density at radius 3 is 1.14 bits per heavy atom. The van der Waals surface area contributed by atoms with Gasteiger partial charge in [0.1, 0.15) is 5.60 Å². The van der Waals surface area contributed by atoms with Crippen LogP contribution in [0.5, 0.6) is 0 Å². The molecule has 3 rings (SSSR count). The normalized spacial score (nSPS) is 13.1. The predicted molar refractivity (Wildman–Crippen MR) is 358 cm³/mol. The van der Waals surface area contributed by atoms with Crippen molar-refractivity contribution in [1.29, 1.82) is 0 Å². The second kappa shape index (κ2) is 54.5. The molecule has 2 atom stereocenters. The maximum atomic E-state index is 14.6. The van der Waals surface area contributed by atoms with Gasteiger partial charge in [-0.1, -0.05) is 278 Å². The molecule has 482 valence electrons. The van der Waals surface area contributed by atoms with E-state index in [4.69, 9.17) is 33.2 Å². The summed E-state index contributed by atoms with van der Waals surface area (Å²) in [5.41, 5.74) is 1.40. The van der Waals surface area contributed by atoms with Crippen molar-refractivity contribution in [1.82, 2.24) is 5.32 Å². The quantitative estimate of drug-likeness (QED) is 0.0339. The summed E-state index contributed by atoms with van der Waals surface area (Å²) < 4.78 is 43.9. The number of hydrogen-bond donors (Lipinski definition) is 1. The van der Waals surface area contributed by atoms with Crippen LogP contribution in [0, 0.1) is 5.92 Å². The van der Waals surface area contributed by atoms with E-state index in [9.17, 15) is 4.79 Å². The van der Waals surface area contributed by atoms with Crippen molar-refractivity contribution in [2.45, 2.75) is 251 Å². The average Bonchev–Trinajstić information content (AvgIpc) is 2.29. The van der Waals surface area contributed by atoms with Crippen LogP contribution in [0.4, 0.5) is 0 Å². The Balaban J connectivity index is 1.40. The summed E-state index contributed by atoms with van der Waals surface area (Å²) in [6.07, 6.45) is 50.3. The van der Waals surface area contributed by atoms with Gasteiger partial charge in [-0.3, -0.25) is 4.79 Å². The van der Waals surface area contributed by atoms with Gasteiger partial charge in [0.2, 0.25) is 0 Å². The Kier molecular flexibility index (Phi) is 48.4. The molecular formula is C76H125NO8. The molecule has 0 heterocycles. The lowest BCUT2D eigenvalue weighted by atomic mass is 9.80. The third kappa shape index (κ3) is 35.2. The van der Waals surface area contributed by atoms with E-state index in [-0.39, 0.29) is 18.4 Å². The van der Waals surface area contributed by atoms with Crippen LogP contribution in [0.15, 0.2) is 115 Å². The number of hydrogen-bond acceptors (Lipinski definition) is 8. The van der Waals surface area contributed by atoms with Crippen molar-refractivity contribution in [3.8, 4) is 0 Å². The highest BCUT2D eigenvalue weighted by atomic mass is 16.6. The minimum absolute atomic E-state index is 0.0606. The molecule has 2 unspecified atom stereocenters. The first-order valence-electron chi connectivity index (χ1n) is 35.0. The summed E-state index contributed by atoms with van der Waals surface area (Å²) in [4.78, 5) is 14.6. The molecule has 0 saturated heterocycles. The zero-order valence-electron chi connectivity index (χ0n) is 54.8. The Morgan fingerprint density at radius 2 is 0.729 bits per heavy atom. The first-order valence-corrected chi connectivity index (χ1v) is 35.0. The smallest absolute Gasteiger partial charge is 0.255 e. The molecule has 0 saturated carbocycles. The van der Waals surface area contributed by atoms with E-state index in [1.807, 2.05) is 18.2 Å². The molecule has 3 aromatic carbocycles. The van der Waals surface area contributed by atoms with E-state index >= 15 is 0 Å². The van der Waals surface area contributed by atoms with Crippen LogP contribution in [0.25, 0.3) is 0 Å². The minimum atomic E-state index is -1.03. The molecule has 0 aliphatic carbocycles. The molecule has 0 aliphatic heterocycles. The van der Waals surface area contributed by atoms with Gasteiger partial charge in [-0.25, -0.2) is 0 Å². The zero-order chi connectivity index (χ0) is 60.5. The predicted octanol–water partition coefficient (Wildman–Crippen LogP) is 19.6. The van der Waals surface area contributed by atoms with Gasteiger partial charge >= 0.3 is 0 Å². The fourth-order valence-corrected chi connectivity index (χ4v) is 11.5. The first kappa shape index (κ1) is 75.6. The van der Waals surface area contributed by atoms with Gasteiger partial charge in [0, 0.05) is 19.8 Å². The van der Waals surface area contributed by atoms with Crippen molar-refractivity contribution < 1.29 is 38.0 Å². The number of benzene rings is 3. The minimum Gasteiger partial charge on any atom is -0.378 e. The van der Waals surface area contributed by atoms with Gasteiger partial charge < -0.3 is 38.5 Å². The van der Waals surface area contributed by atoms with Gasteiger partial charge in [0.05, 0.1) is 66.1 Å². The van der Waals surface area contributed by atoms with E-state index in [0.29, 0.717) is 79.2 Å². The number of ether oxygens (including phenoxy) is 7. The summed E-state index contributed by atoms with van der Waals surface area (Å²) in [6.45, 7) is 14.9. The topological polar surface area (TPSA) is 93.7 Å². The fourth-order valence-electron chi connectivity index (χ4n) is 11.5. The van der Waals surface area contributed by atoms with Crippen LogP contribution < -0.4 is 5.32 Å². The van der Waals surface area contributed by atoms with Crippen LogP contribution in [-0.2, 0) is 43.6 Å². The molecular weight excluding hydrogens is 1050 g/mol. The highest BCUT2D eigenvalue weighted by Crippen LogP contribution is 2.40. The third-order valence-corrected chi connectivity index (χ3v) is 16.6. The maximum absolute atomic E-state index is 14.6. The average molecular weight is 1180 g/mol. The fraction of sp³-hybridized carbons (Fsp3) is 0.697. The van der Waals surface area contributed by atoms with Gasteiger partial charge in [-0.2, -0.15) is 0 Å². The number of carbonyl (C=O) groups excluding carboxylic acids is 1. The van der Waals surface area contributed by atoms with Crippen LogP contribution in [0.3, 0.4) is 0 Å². The monoisotopic (exact) mass is 1180 g/mol. The lowest BCUT2D eigenvalue weighted by Gasteiger charge is -2.39. The number of amides is 1. The number of carbonyl (C=O) groups is 1. The summed E-state index contributed by atoms with van der Waals surface area (Å²) in [6, 6.07) is 31.2. The van der Waals surface area contributed by atoms with Gasteiger partial charge in [0.25, 0.3) is 5.91 Å². The van der Waals surface area contributed by atoms with Crippen LogP contribution in [0.1, 0.15) is 256 Å². The third-order valence-electron chi connectivity index (χ3n) is 16.6. The number of nitrogens with one attached hydrogen (secondary N) is 1. The lowest BCUT2D eigenvalue weighted by molar-refractivity contribution is -0.171. The summed E-state index contributed by atoms with van der Waals surface area (Å²) in [5, 5.41) is 3.26. The van der Waals surface area contributed by atoms with Crippen molar-refractivity contribution >= 4 is 5.91 Å². The van der Waals surface area contributed by atoms with E-state index in [0.717, 1.165) is 74.5 Å².